The van der Waals surface area contributed by atoms with E-state index in [1.54, 1.807) is 18.2 Å². The molecular formula is C14H18F2IN3O. The zero-order valence-electron chi connectivity index (χ0n) is 11.6. The van der Waals surface area contributed by atoms with Gasteiger partial charge in [-0.05, 0) is 13.0 Å². The van der Waals surface area contributed by atoms with Crippen LogP contribution < -0.4 is 15.4 Å². The maximum absolute atomic E-state index is 12.3. The van der Waals surface area contributed by atoms with Gasteiger partial charge in [0.15, 0.2) is 5.96 Å². The second-order valence-electron chi connectivity index (χ2n) is 3.74. The van der Waals surface area contributed by atoms with Crippen LogP contribution in [0.1, 0.15) is 12.5 Å². The lowest BCUT2D eigenvalue weighted by Gasteiger charge is -2.11. The number of terminal acetylenes is 1. The summed E-state index contributed by atoms with van der Waals surface area (Å²) in [6.45, 7) is 0.281. The summed E-state index contributed by atoms with van der Waals surface area (Å²) in [4.78, 5) is 4.26. The molecule has 21 heavy (non-hydrogen) atoms. The van der Waals surface area contributed by atoms with Crippen molar-refractivity contribution < 1.29 is 13.5 Å². The van der Waals surface area contributed by atoms with Gasteiger partial charge in [0.1, 0.15) is 5.75 Å². The van der Waals surface area contributed by atoms with Gasteiger partial charge in [-0.3, -0.25) is 0 Å². The summed E-state index contributed by atoms with van der Waals surface area (Å²) in [5.74, 6) is 3.09. The van der Waals surface area contributed by atoms with Gasteiger partial charge in [-0.25, -0.2) is 4.99 Å². The van der Waals surface area contributed by atoms with E-state index in [9.17, 15) is 8.78 Å². The average molecular weight is 409 g/mol. The Hall–Kier alpha value is -1.56. The van der Waals surface area contributed by atoms with Gasteiger partial charge in [-0.2, -0.15) is 8.78 Å². The molecule has 0 spiro atoms. The van der Waals surface area contributed by atoms with Crippen LogP contribution in [0.5, 0.6) is 5.75 Å². The zero-order chi connectivity index (χ0) is 14.8. The molecule has 1 rings (SSSR count). The van der Waals surface area contributed by atoms with Crippen molar-refractivity contribution in [2.24, 2.45) is 4.99 Å². The van der Waals surface area contributed by atoms with Crippen molar-refractivity contribution in [2.75, 3.05) is 13.1 Å². The summed E-state index contributed by atoms with van der Waals surface area (Å²) >= 11 is 0. The van der Waals surface area contributed by atoms with Crippen molar-refractivity contribution in [3.8, 4) is 18.1 Å². The monoisotopic (exact) mass is 409 g/mol. The number of nitrogens with one attached hydrogen (secondary N) is 2. The summed E-state index contributed by atoms with van der Waals surface area (Å²) < 4.78 is 29.0. The van der Waals surface area contributed by atoms with Gasteiger partial charge < -0.3 is 15.4 Å². The molecule has 0 saturated carbocycles. The molecule has 2 N–H and O–H groups in total. The summed E-state index contributed by atoms with van der Waals surface area (Å²) in [5, 5.41) is 5.92. The number of rotatable bonds is 6. The topological polar surface area (TPSA) is 45.7 Å². The molecule has 0 aliphatic heterocycles. The Morgan fingerprint density at radius 2 is 2.10 bits per heavy atom. The fourth-order valence-corrected chi connectivity index (χ4v) is 1.49. The lowest BCUT2D eigenvalue weighted by Crippen LogP contribution is -2.37. The van der Waals surface area contributed by atoms with E-state index in [0.29, 0.717) is 24.6 Å². The number of nitrogens with zero attached hydrogens (tertiary/aromatic N) is 1. The highest BCUT2D eigenvalue weighted by molar-refractivity contribution is 14.0. The van der Waals surface area contributed by atoms with Gasteiger partial charge in [0.2, 0.25) is 0 Å². The normalized spacial score (nSPS) is 10.5. The maximum atomic E-state index is 12.3. The number of guanidine groups is 1. The van der Waals surface area contributed by atoms with Gasteiger partial charge in [0, 0.05) is 12.1 Å². The lowest BCUT2D eigenvalue weighted by atomic mass is 10.2. The van der Waals surface area contributed by atoms with E-state index in [0.717, 1.165) is 0 Å². The second kappa shape index (κ2) is 11.1. The van der Waals surface area contributed by atoms with Crippen molar-refractivity contribution in [1.82, 2.24) is 10.6 Å². The summed E-state index contributed by atoms with van der Waals surface area (Å²) in [5.41, 5.74) is 0.575. The molecule has 7 heteroatoms. The minimum atomic E-state index is -2.85. The van der Waals surface area contributed by atoms with Crippen LogP contribution in [-0.2, 0) is 6.54 Å². The van der Waals surface area contributed by atoms with Crippen LogP contribution in [0.4, 0.5) is 8.78 Å². The summed E-state index contributed by atoms with van der Waals surface area (Å²) in [6, 6.07) is 6.54. The number of hydrogen-bond acceptors (Lipinski definition) is 2. The van der Waals surface area contributed by atoms with E-state index in [1.165, 1.54) is 6.07 Å². The first-order valence-corrected chi connectivity index (χ1v) is 6.15. The third-order valence-corrected chi connectivity index (χ3v) is 2.30. The van der Waals surface area contributed by atoms with Crippen molar-refractivity contribution in [3.05, 3.63) is 29.8 Å². The van der Waals surface area contributed by atoms with Crippen molar-refractivity contribution >= 4 is 29.9 Å². The minimum absolute atomic E-state index is 0. The Balaban J connectivity index is 0.00000400. The van der Waals surface area contributed by atoms with E-state index in [2.05, 4.69) is 26.3 Å². The van der Waals surface area contributed by atoms with E-state index < -0.39 is 6.61 Å². The SMILES string of the molecule is C#CCNC(=NCc1ccccc1OC(F)F)NCC.I. The molecule has 0 atom stereocenters. The third kappa shape index (κ3) is 7.70. The fourth-order valence-electron chi connectivity index (χ4n) is 1.49. The Morgan fingerprint density at radius 1 is 1.38 bits per heavy atom. The molecule has 0 bridgehead atoms. The molecule has 0 amide bonds. The van der Waals surface area contributed by atoms with Gasteiger partial charge in [-0.15, -0.1) is 30.4 Å². The molecule has 116 valence electrons. The molecular weight excluding hydrogens is 391 g/mol. The second-order valence-corrected chi connectivity index (χ2v) is 3.74. The van der Waals surface area contributed by atoms with Gasteiger partial charge in [-0.1, -0.05) is 24.1 Å². The first kappa shape index (κ1) is 19.4. The van der Waals surface area contributed by atoms with E-state index in [4.69, 9.17) is 6.42 Å². The largest absolute Gasteiger partial charge is 0.434 e. The molecule has 0 aromatic heterocycles. The standard InChI is InChI=1S/C14H17F2N3O.HI/c1-3-9-18-14(17-4-2)19-10-11-7-5-6-8-12(11)20-13(15)16;/h1,5-8,13H,4,9-10H2,2H3,(H2,17,18,19);1H. The molecule has 1 aromatic rings. The Morgan fingerprint density at radius 3 is 2.71 bits per heavy atom. The molecule has 0 radical (unpaired) electrons. The number of aliphatic imine (C=N–C) groups is 1. The summed E-state index contributed by atoms with van der Waals surface area (Å²) in [7, 11) is 0. The molecule has 0 aliphatic carbocycles. The van der Waals surface area contributed by atoms with Crippen molar-refractivity contribution in [2.45, 2.75) is 20.1 Å². The van der Waals surface area contributed by atoms with Crippen LogP contribution in [0.15, 0.2) is 29.3 Å². The smallest absolute Gasteiger partial charge is 0.387 e. The number of para-hydroxylation sites is 1. The lowest BCUT2D eigenvalue weighted by molar-refractivity contribution is -0.0504. The minimum Gasteiger partial charge on any atom is -0.434 e. The van der Waals surface area contributed by atoms with Crippen molar-refractivity contribution in [1.29, 1.82) is 0 Å². The molecule has 0 fully saturated rings. The Kier molecular flexibility index (Phi) is 10.3. The molecule has 0 aliphatic rings. The molecule has 0 heterocycles. The fraction of sp³-hybridized carbons (Fsp3) is 0.357. The molecule has 0 saturated heterocycles. The third-order valence-electron chi connectivity index (χ3n) is 2.30. The molecule has 0 unspecified atom stereocenters. The van der Waals surface area contributed by atoms with E-state index in [-0.39, 0.29) is 36.3 Å². The first-order chi connectivity index (χ1) is 9.67. The number of benzene rings is 1. The first-order valence-electron chi connectivity index (χ1n) is 6.15. The number of ether oxygens (including phenoxy) is 1. The quantitative estimate of drug-likeness (QED) is 0.329. The molecule has 4 nitrogen and oxygen atoms in total. The maximum Gasteiger partial charge on any atom is 0.387 e. The van der Waals surface area contributed by atoms with Crippen LogP contribution in [-0.4, -0.2) is 25.7 Å². The number of alkyl halides is 2. The van der Waals surface area contributed by atoms with E-state index in [1.807, 2.05) is 6.92 Å². The van der Waals surface area contributed by atoms with Crippen LogP contribution in [0.25, 0.3) is 0 Å². The average Bonchev–Trinajstić information content (AvgIpc) is 2.42. The summed E-state index contributed by atoms with van der Waals surface area (Å²) in [6.07, 6.45) is 5.16. The highest BCUT2D eigenvalue weighted by Crippen LogP contribution is 2.20. The van der Waals surface area contributed by atoms with Crippen LogP contribution >= 0.6 is 24.0 Å². The van der Waals surface area contributed by atoms with Gasteiger partial charge in [0.25, 0.3) is 0 Å². The molecule has 1 aromatic carbocycles. The van der Waals surface area contributed by atoms with Crippen LogP contribution in [0.2, 0.25) is 0 Å². The van der Waals surface area contributed by atoms with Gasteiger partial charge >= 0.3 is 6.61 Å². The Labute approximate surface area is 140 Å². The predicted molar refractivity (Wildman–Crippen MR) is 90.1 cm³/mol. The van der Waals surface area contributed by atoms with Crippen molar-refractivity contribution in [3.63, 3.8) is 0 Å². The number of halogens is 3. The Bertz CT molecular complexity index is 489. The van der Waals surface area contributed by atoms with Gasteiger partial charge in [0.05, 0.1) is 13.1 Å². The van der Waals surface area contributed by atoms with E-state index >= 15 is 0 Å². The highest BCUT2D eigenvalue weighted by atomic mass is 127. The predicted octanol–water partition coefficient (Wildman–Crippen LogP) is 2.59. The van der Waals surface area contributed by atoms with Crippen LogP contribution in [0, 0.1) is 12.3 Å². The highest BCUT2D eigenvalue weighted by Gasteiger charge is 2.08. The van der Waals surface area contributed by atoms with Crippen LogP contribution in [0.3, 0.4) is 0 Å². The zero-order valence-corrected chi connectivity index (χ0v) is 13.9. The number of hydrogen-bond donors (Lipinski definition) is 2.